The molecule has 6 nitrogen and oxygen atoms in total. The van der Waals surface area contributed by atoms with E-state index in [-0.39, 0.29) is 12.6 Å². The molecule has 6 heteroatoms. The molecule has 0 aromatic carbocycles. The molecule has 1 saturated heterocycles. The molecule has 1 aliphatic heterocycles. The van der Waals surface area contributed by atoms with Crippen molar-refractivity contribution in [3.8, 4) is 0 Å². The van der Waals surface area contributed by atoms with Crippen molar-refractivity contribution in [1.29, 1.82) is 0 Å². The Hall–Kier alpha value is -1.56. The minimum Gasteiger partial charge on any atom is -0.481 e. The van der Waals surface area contributed by atoms with Gasteiger partial charge in [0.25, 0.3) is 0 Å². The average molecular weight is 267 g/mol. The number of hydrogen-bond donors (Lipinski definition) is 1. The molecule has 1 fully saturated rings. The van der Waals surface area contributed by atoms with Gasteiger partial charge in [-0.2, -0.15) is 0 Å². The van der Waals surface area contributed by atoms with Crippen molar-refractivity contribution < 1.29 is 14.6 Å². The van der Waals surface area contributed by atoms with Crippen LogP contribution in [0.15, 0.2) is 12.4 Å². The summed E-state index contributed by atoms with van der Waals surface area (Å²) in [5.74, 6) is -0.433. The van der Waals surface area contributed by atoms with Gasteiger partial charge in [-0.3, -0.25) is 4.79 Å². The highest BCUT2D eigenvalue weighted by atomic mass is 16.5. The van der Waals surface area contributed by atoms with Gasteiger partial charge in [-0.15, -0.1) is 0 Å². The van der Waals surface area contributed by atoms with Crippen LogP contribution in [0.4, 0.5) is 5.95 Å². The van der Waals surface area contributed by atoms with Crippen molar-refractivity contribution in [1.82, 2.24) is 9.55 Å². The Balaban J connectivity index is 2.27. The monoisotopic (exact) mass is 267 g/mol. The maximum Gasteiger partial charge on any atom is 0.311 e. The maximum absolute atomic E-state index is 11.3. The number of aryl methyl sites for hydroxylation is 1. The highest BCUT2D eigenvalue weighted by Gasteiger charge is 2.39. The summed E-state index contributed by atoms with van der Waals surface area (Å²) < 4.78 is 7.40. The number of nitrogens with zero attached hydrogens (tertiary/aromatic N) is 3. The molecule has 1 aliphatic rings. The number of imidazole rings is 1. The Kier molecular flexibility index (Phi) is 4.42. The fourth-order valence-electron chi connectivity index (χ4n) is 2.55. The fraction of sp³-hybridized carbons (Fsp3) is 0.692. The SMILES string of the molecule is CCCN(c1nccn1CC)C1COCC1C(=O)O. The molecular formula is C13H21N3O3. The van der Waals surface area contributed by atoms with Gasteiger partial charge in [-0.25, -0.2) is 4.98 Å². The maximum atomic E-state index is 11.3. The van der Waals surface area contributed by atoms with Gasteiger partial charge in [0.15, 0.2) is 0 Å². The normalized spacial score (nSPS) is 22.6. The zero-order valence-corrected chi connectivity index (χ0v) is 11.5. The quantitative estimate of drug-likeness (QED) is 0.839. The standard InChI is InChI=1S/C13H21N3O3/c1-3-6-16(13-14-5-7-15(13)4-2)11-9-19-8-10(11)12(17)18/h5,7,10-11H,3-4,6,8-9H2,1-2H3,(H,17,18). The summed E-state index contributed by atoms with van der Waals surface area (Å²) in [6, 6.07) is -0.134. The molecule has 0 saturated carbocycles. The van der Waals surface area contributed by atoms with E-state index in [0.29, 0.717) is 6.61 Å². The fourth-order valence-corrected chi connectivity index (χ4v) is 2.55. The summed E-state index contributed by atoms with van der Waals surface area (Å²) in [6.07, 6.45) is 4.62. The third kappa shape index (κ3) is 2.73. The predicted molar refractivity (Wildman–Crippen MR) is 71.3 cm³/mol. The van der Waals surface area contributed by atoms with Crippen LogP contribution in [0.25, 0.3) is 0 Å². The Morgan fingerprint density at radius 1 is 1.58 bits per heavy atom. The van der Waals surface area contributed by atoms with E-state index in [9.17, 15) is 9.90 Å². The zero-order chi connectivity index (χ0) is 13.8. The second-order valence-electron chi connectivity index (χ2n) is 4.76. The van der Waals surface area contributed by atoms with Crippen molar-refractivity contribution in [2.45, 2.75) is 32.9 Å². The molecule has 1 aromatic heterocycles. The van der Waals surface area contributed by atoms with E-state index in [1.54, 1.807) is 6.20 Å². The summed E-state index contributed by atoms with van der Waals surface area (Å²) in [7, 11) is 0. The van der Waals surface area contributed by atoms with Crippen LogP contribution in [-0.4, -0.2) is 46.4 Å². The lowest BCUT2D eigenvalue weighted by Gasteiger charge is -2.31. The molecule has 1 N–H and O–H groups in total. The van der Waals surface area contributed by atoms with E-state index in [4.69, 9.17) is 4.74 Å². The molecule has 0 bridgehead atoms. The smallest absolute Gasteiger partial charge is 0.311 e. The van der Waals surface area contributed by atoms with E-state index >= 15 is 0 Å². The van der Waals surface area contributed by atoms with Crippen LogP contribution in [0.2, 0.25) is 0 Å². The third-order valence-electron chi connectivity index (χ3n) is 3.52. The summed E-state index contributed by atoms with van der Waals surface area (Å²) in [5, 5.41) is 9.29. The highest BCUT2D eigenvalue weighted by Crippen LogP contribution is 2.25. The van der Waals surface area contributed by atoms with Crippen molar-refractivity contribution in [3.63, 3.8) is 0 Å². The number of anilines is 1. The summed E-state index contributed by atoms with van der Waals surface area (Å²) >= 11 is 0. The molecule has 2 unspecified atom stereocenters. The molecule has 2 heterocycles. The first-order chi connectivity index (χ1) is 9.19. The molecule has 106 valence electrons. The number of rotatable bonds is 6. The van der Waals surface area contributed by atoms with Crippen LogP contribution < -0.4 is 4.90 Å². The number of aromatic nitrogens is 2. The molecule has 2 atom stereocenters. The lowest BCUT2D eigenvalue weighted by molar-refractivity contribution is -0.142. The van der Waals surface area contributed by atoms with E-state index in [0.717, 1.165) is 25.5 Å². The Morgan fingerprint density at radius 3 is 3.00 bits per heavy atom. The topological polar surface area (TPSA) is 67.6 Å². The lowest BCUT2D eigenvalue weighted by atomic mass is 10.0. The molecule has 2 rings (SSSR count). The summed E-state index contributed by atoms with van der Waals surface area (Å²) in [5.41, 5.74) is 0. The van der Waals surface area contributed by atoms with Crippen LogP contribution in [0, 0.1) is 5.92 Å². The van der Waals surface area contributed by atoms with E-state index in [1.165, 1.54) is 0 Å². The van der Waals surface area contributed by atoms with Crippen molar-refractivity contribution in [3.05, 3.63) is 12.4 Å². The van der Waals surface area contributed by atoms with Crippen LogP contribution >= 0.6 is 0 Å². The van der Waals surface area contributed by atoms with Gasteiger partial charge in [0.1, 0.15) is 5.92 Å². The van der Waals surface area contributed by atoms with Gasteiger partial charge in [0, 0.05) is 25.5 Å². The highest BCUT2D eigenvalue weighted by molar-refractivity contribution is 5.72. The largest absolute Gasteiger partial charge is 0.481 e. The zero-order valence-electron chi connectivity index (χ0n) is 11.5. The van der Waals surface area contributed by atoms with Crippen molar-refractivity contribution in [2.24, 2.45) is 5.92 Å². The average Bonchev–Trinajstić information content (AvgIpc) is 3.04. The van der Waals surface area contributed by atoms with Gasteiger partial charge < -0.3 is 19.3 Å². The Labute approximate surface area is 113 Å². The molecular weight excluding hydrogens is 246 g/mol. The Bertz CT molecular complexity index is 433. The van der Waals surface area contributed by atoms with Crippen molar-refractivity contribution >= 4 is 11.9 Å². The lowest BCUT2D eigenvalue weighted by Crippen LogP contribution is -2.45. The molecule has 0 aliphatic carbocycles. The minimum atomic E-state index is -0.793. The molecule has 0 spiro atoms. The first-order valence-electron chi connectivity index (χ1n) is 6.77. The van der Waals surface area contributed by atoms with Gasteiger partial charge >= 0.3 is 5.97 Å². The number of carboxylic acid groups (broad SMARTS) is 1. The number of aliphatic carboxylic acids is 1. The van der Waals surface area contributed by atoms with Crippen LogP contribution in [-0.2, 0) is 16.1 Å². The number of carboxylic acids is 1. The molecule has 0 amide bonds. The summed E-state index contributed by atoms with van der Waals surface area (Å²) in [4.78, 5) is 17.8. The number of ether oxygens (including phenoxy) is 1. The summed E-state index contributed by atoms with van der Waals surface area (Å²) in [6.45, 7) is 6.48. The first kappa shape index (κ1) is 13.9. The van der Waals surface area contributed by atoms with E-state index < -0.39 is 11.9 Å². The van der Waals surface area contributed by atoms with Gasteiger partial charge in [0.2, 0.25) is 5.95 Å². The minimum absolute atomic E-state index is 0.134. The Morgan fingerprint density at radius 2 is 2.37 bits per heavy atom. The van der Waals surface area contributed by atoms with E-state index in [1.807, 2.05) is 10.8 Å². The second kappa shape index (κ2) is 6.06. The van der Waals surface area contributed by atoms with Gasteiger partial charge in [-0.1, -0.05) is 6.92 Å². The molecule has 19 heavy (non-hydrogen) atoms. The van der Waals surface area contributed by atoms with Crippen LogP contribution in [0.3, 0.4) is 0 Å². The van der Waals surface area contributed by atoms with Crippen molar-refractivity contribution in [2.75, 3.05) is 24.7 Å². The van der Waals surface area contributed by atoms with Crippen LogP contribution in [0.1, 0.15) is 20.3 Å². The third-order valence-corrected chi connectivity index (χ3v) is 3.52. The van der Waals surface area contributed by atoms with Gasteiger partial charge in [-0.05, 0) is 13.3 Å². The van der Waals surface area contributed by atoms with E-state index in [2.05, 4.69) is 23.7 Å². The first-order valence-corrected chi connectivity index (χ1v) is 6.77. The van der Waals surface area contributed by atoms with Crippen LogP contribution in [0.5, 0.6) is 0 Å². The molecule has 0 radical (unpaired) electrons. The number of hydrogen-bond acceptors (Lipinski definition) is 4. The van der Waals surface area contributed by atoms with Gasteiger partial charge in [0.05, 0.1) is 19.3 Å². The second-order valence-corrected chi connectivity index (χ2v) is 4.76. The molecule has 1 aromatic rings. The predicted octanol–water partition coefficient (Wildman–Crippen LogP) is 1.22. The number of carbonyl (C=O) groups is 1.